The van der Waals surface area contributed by atoms with E-state index in [1.54, 1.807) is 17.2 Å². The van der Waals surface area contributed by atoms with E-state index >= 15 is 0 Å². The fourth-order valence-electron chi connectivity index (χ4n) is 4.37. The van der Waals surface area contributed by atoms with Crippen LogP contribution in [0.1, 0.15) is 36.8 Å². The van der Waals surface area contributed by atoms with Crippen LogP contribution in [0.15, 0.2) is 42.9 Å². The quantitative estimate of drug-likeness (QED) is 0.354. The molecule has 1 saturated heterocycles. The van der Waals surface area contributed by atoms with Gasteiger partial charge in [-0.25, -0.2) is 23.8 Å². The van der Waals surface area contributed by atoms with E-state index in [2.05, 4.69) is 47.7 Å². The summed E-state index contributed by atoms with van der Waals surface area (Å²) < 4.78 is 14.6. The van der Waals surface area contributed by atoms with Gasteiger partial charge in [0.15, 0.2) is 17.5 Å². The van der Waals surface area contributed by atoms with Crippen LogP contribution in [0.4, 0.5) is 26.8 Å². The molecule has 0 spiro atoms. The first-order chi connectivity index (χ1) is 18.2. The van der Waals surface area contributed by atoms with E-state index in [1.165, 1.54) is 10.9 Å². The second-order valence-electron chi connectivity index (χ2n) is 9.47. The lowest BCUT2D eigenvalue weighted by Crippen LogP contribution is -2.56. The van der Waals surface area contributed by atoms with Crippen LogP contribution in [-0.4, -0.2) is 71.5 Å². The lowest BCUT2D eigenvalue weighted by atomic mass is 10.1. The summed E-state index contributed by atoms with van der Waals surface area (Å²) in [5, 5.41) is 17.3. The van der Waals surface area contributed by atoms with Gasteiger partial charge in [0, 0.05) is 55.4 Å². The number of nitrogens with one attached hydrogen (secondary N) is 3. The van der Waals surface area contributed by atoms with Crippen LogP contribution in [0.3, 0.4) is 0 Å². The van der Waals surface area contributed by atoms with Gasteiger partial charge in [0.2, 0.25) is 5.95 Å². The number of carbonyl (C=O) groups excluding carboxylic acids is 1. The van der Waals surface area contributed by atoms with Gasteiger partial charge in [0.25, 0.3) is 0 Å². The van der Waals surface area contributed by atoms with Gasteiger partial charge in [-0.2, -0.15) is 15.2 Å². The van der Waals surface area contributed by atoms with Gasteiger partial charge in [-0.15, -0.1) is 0 Å². The standard InChI is InChI=1S/C25H30FN11O/c1-15-9-21(31-22-10-16(2)33-34-22)32-24(29-15)36-8-7-35(13-17(36)3)25(38)30-18(4)19-5-6-23(27-11-19)37-14-20(26)12-28-37/h5-6,9-12,14,17-18H,7-8,13H2,1-4H3,(H,30,38)(H2,29,31,32,33,34)/t17?,18-/m0/s1. The molecule has 0 aromatic carbocycles. The SMILES string of the molecule is Cc1cc(Nc2cc(C)[nH]n2)nc(N2CCN(C(=O)N[C@@H](C)c3ccc(-n4cc(F)cn4)nc3)CC2C)n1. The maximum Gasteiger partial charge on any atom is 0.318 e. The van der Waals surface area contributed by atoms with E-state index in [0.29, 0.717) is 43.0 Å². The molecule has 3 N–H and O–H groups in total. The number of amides is 2. The number of aromatic nitrogens is 7. The van der Waals surface area contributed by atoms with Crippen LogP contribution in [-0.2, 0) is 0 Å². The van der Waals surface area contributed by atoms with Crippen LogP contribution in [0.25, 0.3) is 5.82 Å². The third-order valence-electron chi connectivity index (χ3n) is 6.37. The van der Waals surface area contributed by atoms with Crippen molar-refractivity contribution >= 4 is 23.6 Å². The number of nitrogens with zero attached hydrogens (tertiary/aromatic N) is 8. The molecule has 198 valence electrons. The number of aryl methyl sites for hydroxylation is 2. The highest BCUT2D eigenvalue weighted by atomic mass is 19.1. The Morgan fingerprint density at radius 2 is 2.00 bits per heavy atom. The zero-order valence-corrected chi connectivity index (χ0v) is 21.7. The number of carbonyl (C=O) groups is 1. The third-order valence-corrected chi connectivity index (χ3v) is 6.37. The number of piperazine rings is 1. The molecule has 4 aromatic rings. The van der Waals surface area contributed by atoms with E-state index in [9.17, 15) is 9.18 Å². The van der Waals surface area contributed by atoms with Crippen LogP contribution in [0, 0.1) is 19.7 Å². The largest absolute Gasteiger partial charge is 0.334 e. The third kappa shape index (κ3) is 5.56. The molecule has 0 bridgehead atoms. The van der Waals surface area contributed by atoms with Crippen molar-refractivity contribution in [2.24, 2.45) is 0 Å². The molecule has 13 heteroatoms. The number of halogens is 1. The second kappa shape index (κ2) is 10.4. The number of rotatable bonds is 6. The van der Waals surface area contributed by atoms with Gasteiger partial charge in [0.05, 0.1) is 18.4 Å². The Labute approximate surface area is 219 Å². The number of anilines is 3. The van der Waals surface area contributed by atoms with E-state index < -0.39 is 5.82 Å². The van der Waals surface area contributed by atoms with Crippen molar-refractivity contribution in [3.63, 3.8) is 0 Å². The van der Waals surface area contributed by atoms with Crippen molar-refractivity contribution < 1.29 is 9.18 Å². The number of aromatic amines is 1. The molecule has 0 saturated carbocycles. The molecule has 4 aromatic heterocycles. The Morgan fingerprint density at radius 1 is 1.16 bits per heavy atom. The van der Waals surface area contributed by atoms with E-state index in [0.717, 1.165) is 23.1 Å². The zero-order chi connectivity index (χ0) is 26.8. The fourth-order valence-corrected chi connectivity index (χ4v) is 4.37. The Hall–Kier alpha value is -4.55. The first-order valence-corrected chi connectivity index (χ1v) is 12.4. The highest BCUT2D eigenvalue weighted by molar-refractivity contribution is 5.75. The summed E-state index contributed by atoms with van der Waals surface area (Å²) >= 11 is 0. The van der Waals surface area contributed by atoms with Gasteiger partial charge < -0.3 is 20.4 Å². The summed E-state index contributed by atoms with van der Waals surface area (Å²) in [6.07, 6.45) is 4.04. The summed E-state index contributed by atoms with van der Waals surface area (Å²) in [4.78, 5) is 30.6. The molecule has 38 heavy (non-hydrogen) atoms. The van der Waals surface area contributed by atoms with Crippen molar-refractivity contribution in [2.45, 2.75) is 39.8 Å². The zero-order valence-electron chi connectivity index (χ0n) is 21.7. The normalized spacial score (nSPS) is 16.4. The summed E-state index contributed by atoms with van der Waals surface area (Å²) in [5.41, 5.74) is 2.63. The van der Waals surface area contributed by atoms with Gasteiger partial charge in [-0.05, 0) is 39.3 Å². The molecule has 12 nitrogen and oxygen atoms in total. The summed E-state index contributed by atoms with van der Waals surface area (Å²) in [6, 6.07) is 6.97. The van der Waals surface area contributed by atoms with Crippen LogP contribution in [0.5, 0.6) is 0 Å². The molecule has 5 heterocycles. The maximum absolute atomic E-state index is 13.2. The molecule has 1 aliphatic heterocycles. The molecule has 2 atom stereocenters. The smallest absolute Gasteiger partial charge is 0.318 e. The van der Waals surface area contributed by atoms with Crippen molar-refractivity contribution in [2.75, 3.05) is 29.9 Å². The van der Waals surface area contributed by atoms with Crippen molar-refractivity contribution in [3.8, 4) is 5.82 Å². The topological polar surface area (TPSA) is 133 Å². The predicted octanol–water partition coefficient (Wildman–Crippen LogP) is 3.26. The lowest BCUT2D eigenvalue weighted by molar-refractivity contribution is 0.183. The van der Waals surface area contributed by atoms with Crippen molar-refractivity contribution in [1.29, 1.82) is 0 Å². The minimum atomic E-state index is -0.430. The average molecular weight is 520 g/mol. The molecule has 1 aliphatic rings. The maximum atomic E-state index is 13.2. The molecule has 0 radical (unpaired) electrons. The molecule has 1 fully saturated rings. The van der Waals surface area contributed by atoms with Crippen LogP contribution >= 0.6 is 0 Å². The van der Waals surface area contributed by atoms with E-state index in [1.807, 2.05) is 39.0 Å². The number of pyridine rings is 1. The fraction of sp³-hybridized carbons (Fsp3) is 0.360. The van der Waals surface area contributed by atoms with Crippen LogP contribution < -0.4 is 15.5 Å². The van der Waals surface area contributed by atoms with Gasteiger partial charge >= 0.3 is 6.03 Å². The highest BCUT2D eigenvalue weighted by Gasteiger charge is 2.29. The minimum absolute atomic E-state index is 0.0162. The Balaban J connectivity index is 1.19. The number of hydrogen-bond donors (Lipinski definition) is 3. The van der Waals surface area contributed by atoms with Gasteiger partial charge in [0.1, 0.15) is 5.82 Å². The Morgan fingerprint density at radius 3 is 2.66 bits per heavy atom. The first kappa shape index (κ1) is 25.1. The molecule has 5 rings (SSSR count). The lowest BCUT2D eigenvalue weighted by Gasteiger charge is -2.40. The summed E-state index contributed by atoms with van der Waals surface area (Å²) in [5.74, 6) is 2.04. The molecular formula is C25H30FN11O. The van der Waals surface area contributed by atoms with Crippen molar-refractivity contribution in [1.82, 2.24) is 45.1 Å². The molecule has 2 amide bonds. The van der Waals surface area contributed by atoms with E-state index in [-0.39, 0.29) is 18.1 Å². The number of H-pyrrole nitrogens is 1. The molecule has 0 aliphatic carbocycles. The van der Waals surface area contributed by atoms with Gasteiger partial charge in [-0.1, -0.05) is 6.07 Å². The molecular weight excluding hydrogens is 489 g/mol. The van der Waals surface area contributed by atoms with Crippen LogP contribution in [0.2, 0.25) is 0 Å². The second-order valence-corrected chi connectivity index (χ2v) is 9.47. The van der Waals surface area contributed by atoms with Crippen molar-refractivity contribution in [3.05, 3.63) is 65.6 Å². The highest BCUT2D eigenvalue weighted by Crippen LogP contribution is 2.22. The monoisotopic (exact) mass is 519 g/mol. The summed E-state index contributed by atoms with van der Waals surface area (Å²) in [6.45, 7) is 9.48. The number of urea groups is 1. The average Bonchev–Trinajstić information content (AvgIpc) is 3.51. The molecule has 1 unspecified atom stereocenters. The Bertz CT molecular complexity index is 1420. The summed E-state index contributed by atoms with van der Waals surface area (Å²) in [7, 11) is 0. The predicted molar refractivity (Wildman–Crippen MR) is 140 cm³/mol. The van der Waals surface area contributed by atoms with Gasteiger partial charge in [-0.3, -0.25) is 5.10 Å². The number of hydrogen-bond acceptors (Lipinski definition) is 8. The van der Waals surface area contributed by atoms with E-state index in [4.69, 9.17) is 4.98 Å². The minimum Gasteiger partial charge on any atom is -0.334 e. The Kier molecular flexibility index (Phi) is 6.90. The first-order valence-electron chi connectivity index (χ1n) is 12.4.